The molecular formula is C9H15N2O. The van der Waals surface area contributed by atoms with E-state index in [1.807, 2.05) is 25.3 Å². The van der Waals surface area contributed by atoms with E-state index in [9.17, 15) is 5.11 Å². The van der Waals surface area contributed by atoms with Gasteiger partial charge in [0, 0.05) is 12.7 Å². The zero-order valence-corrected chi connectivity index (χ0v) is 7.78. The SMILES string of the molecule is CCn1c[c]nc1C(O)C(C)C. The zero-order valence-electron chi connectivity index (χ0n) is 7.78. The van der Waals surface area contributed by atoms with Crippen molar-refractivity contribution >= 4 is 0 Å². The molecule has 3 heteroatoms. The number of hydrogen-bond donors (Lipinski definition) is 1. The Morgan fingerprint density at radius 3 is 2.83 bits per heavy atom. The third kappa shape index (κ3) is 1.67. The van der Waals surface area contributed by atoms with Crippen molar-refractivity contribution in [3.05, 3.63) is 18.2 Å². The standard InChI is InChI=1S/C9H15N2O/c1-4-11-6-5-10-9(11)8(12)7(2)3/h6-8,12H,4H2,1-3H3. The lowest BCUT2D eigenvalue weighted by Gasteiger charge is -2.14. The number of aliphatic hydroxyl groups excluding tert-OH is 1. The molecule has 67 valence electrons. The minimum atomic E-state index is -0.476. The summed E-state index contributed by atoms with van der Waals surface area (Å²) in [7, 11) is 0. The molecule has 0 spiro atoms. The number of aromatic nitrogens is 2. The van der Waals surface area contributed by atoms with E-state index in [1.54, 1.807) is 6.20 Å². The Balaban J connectivity index is 2.86. The summed E-state index contributed by atoms with van der Waals surface area (Å²) in [5.74, 6) is 0.915. The molecule has 1 N–H and O–H groups in total. The number of aryl methyl sites for hydroxylation is 1. The number of aliphatic hydroxyl groups is 1. The molecule has 0 saturated heterocycles. The number of rotatable bonds is 3. The van der Waals surface area contributed by atoms with E-state index in [2.05, 4.69) is 11.2 Å². The quantitative estimate of drug-likeness (QED) is 0.738. The van der Waals surface area contributed by atoms with Gasteiger partial charge in [-0.1, -0.05) is 13.8 Å². The smallest absolute Gasteiger partial charge is 0.138 e. The molecule has 0 aliphatic heterocycles. The van der Waals surface area contributed by atoms with Gasteiger partial charge in [-0.2, -0.15) is 0 Å². The summed E-state index contributed by atoms with van der Waals surface area (Å²) in [4.78, 5) is 4.00. The van der Waals surface area contributed by atoms with Crippen LogP contribution in [-0.2, 0) is 6.54 Å². The summed E-state index contributed by atoms with van der Waals surface area (Å²) in [6.07, 6.45) is 4.03. The maximum absolute atomic E-state index is 9.70. The van der Waals surface area contributed by atoms with Crippen molar-refractivity contribution in [1.82, 2.24) is 9.55 Å². The van der Waals surface area contributed by atoms with Crippen LogP contribution in [0.3, 0.4) is 0 Å². The van der Waals surface area contributed by atoms with E-state index in [0.717, 1.165) is 6.54 Å². The Labute approximate surface area is 73.1 Å². The Hall–Kier alpha value is -0.830. The summed E-state index contributed by atoms with van der Waals surface area (Å²) in [5.41, 5.74) is 0. The first kappa shape index (κ1) is 9.26. The second kappa shape index (κ2) is 3.72. The van der Waals surface area contributed by atoms with Gasteiger partial charge in [-0.05, 0) is 12.8 Å². The van der Waals surface area contributed by atoms with Crippen molar-refractivity contribution in [3.8, 4) is 0 Å². The van der Waals surface area contributed by atoms with Crippen molar-refractivity contribution in [2.24, 2.45) is 5.92 Å². The topological polar surface area (TPSA) is 38.0 Å². The fourth-order valence-electron chi connectivity index (χ4n) is 1.08. The van der Waals surface area contributed by atoms with Crippen LogP contribution in [0, 0.1) is 12.1 Å². The van der Waals surface area contributed by atoms with Gasteiger partial charge in [0.25, 0.3) is 0 Å². The molecule has 12 heavy (non-hydrogen) atoms. The molecule has 1 atom stereocenters. The summed E-state index contributed by atoms with van der Waals surface area (Å²) < 4.78 is 1.91. The van der Waals surface area contributed by atoms with Crippen LogP contribution in [-0.4, -0.2) is 14.7 Å². The highest BCUT2D eigenvalue weighted by Crippen LogP contribution is 2.18. The molecule has 0 fully saturated rings. The molecule has 3 nitrogen and oxygen atoms in total. The van der Waals surface area contributed by atoms with Gasteiger partial charge >= 0.3 is 0 Å². The van der Waals surface area contributed by atoms with Gasteiger partial charge < -0.3 is 9.67 Å². The maximum atomic E-state index is 9.70. The molecule has 0 aliphatic carbocycles. The lowest BCUT2D eigenvalue weighted by molar-refractivity contribution is 0.114. The van der Waals surface area contributed by atoms with E-state index in [0.29, 0.717) is 5.82 Å². The first-order valence-corrected chi connectivity index (χ1v) is 4.28. The number of hydrogen-bond acceptors (Lipinski definition) is 2. The summed E-state index contributed by atoms with van der Waals surface area (Å²) in [6.45, 7) is 6.79. The second-order valence-corrected chi connectivity index (χ2v) is 3.20. The van der Waals surface area contributed by atoms with Crippen molar-refractivity contribution in [2.45, 2.75) is 33.4 Å². The highest BCUT2D eigenvalue weighted by molar-refractivity contribution is 4.96. The van der Waals surface area contributed by atoms with Crippen molar-refractivity contribution in [3.63, 3.8) is 0 Å². The largest absolute Gasteiger partial charge is 0.385 e. The Bertz CT molecular complexity index is 242. The van der Waals surface area contributed by atoms with Crippen molar-refractivity contribution in [1.29, 1.82) is 0 Å². The summed E-state index contributed by atoms with van der Waals surface area (Å²) in [6, 6.07) is 0. The fourth-order valence-corrected chi connectivity index (χ4v) is 1.08. The van der Waals surface area contributed by atoms with Gasteiger partial charge in [0.1, 0.15) is 18.1 Å². The lowest BCUT2D eigenvalue weighted by atomic mass is 10.1. The van der Waals surface area contributed by atoms with Crippen LogP contribution >= 0.6 is 0 Å². The van der Waals surface area contributed by atoms with E-state index < -0.39 is 6.10 Å². The maximum Gasteiger partial charge on any atom is 0.138 e. The molecule has 0 saturated carbocycles. The molecule has 0 amide bonds. The van der Waals surface area contributed by atoms with Crippen LogP contribution in [0.2, 0.25) is 0 Å². The second-order valence-electron chi connectivity index (χ2n) is 3.20. The van der Waals surface area contributed by atoms with Crippen LogP contribution in [0.15, 0.2) is 6.20 Å². The molecule has 1 aromatic rings. The normalized spacial score (nSPS) is 13.8. The van der Waals surface area contributed by atoms with E-state index in [1.165, 1.54) is 0 Å². The van der Waals surface area contributed by atoms with E-state index >= 15 is 0 Å². The summed E-state index contributed by atoms with van der Waals surface area (Å²) >= 11 is 0. The van der Waals surface area contributed by atoms with Crippen molar-refractivity contribution < 1.29 is 5.11 Å². The molecule has 0 aromatic carbocycles. The first-order valence-electron chi connectivity index (χ1n) is 4.28. The fraction of sp³-hybridized carbons (Fsp3) is 0.667. The molecule has 0 aliphatic rings. The molecule has 1 unspecified atom stereocenters. The first-order chi connectivity index (χ1) is 5.66. The average molecular weight is 167 g/mol. The Morgan fingerprint density at radius 1 is 1.67 bits per heavy atom. The molecule has 0 bridgehead atoms. The Kier molecular flexibility index (Phi) is 2.87. The van der Waals surface area contributed by atoms with Gasteiger partial charge in [0.2, 0.25) is 0 Å². The van der Waals surface area contributed by atoms with E-state index in [4.69, 9.17) is 0 Å². The molecular weight excluding hydrogens is 152 g/mol. The molecule has 1 radical (unpaired) electrons. The Morgan fingerprint density at radius 2 is 2.33 bits per heavy atom. The molecule has 1 aromatic heterocycles. The van der Waals surface area contributed by atoms with Crippen LogP contribution < -0.4 is 0 Å². The summed E-state index contributed by atoms with van der Waals surface area (Å²) in [5, 5.41) is 9.70. The molecule has 1 heterocycles. The van der Waals surface area contributed by atoms with Gasteiger partial charge in [-0.15, -0.1) is 0 Å². The molecule has 1 rings (SSSR count). The highest BCUT2D eigenvalue weighted by atomic mass is 16.3. The number of nitrogens with zero attached hydrogens (tertiary/aromatic N) is 2. The average Bonchev–Trinajstić information content (AvgIpc) is 2.49. The monoisotopic (exact) mass is 167 g/mol. The van der Waals surface area contributed by atoms with Crippen molar-refractivity contribution in [2.75, 3.05) is 0 Å². The predicted molar refractivity (Wildman–Crippen MR) is 46.5 cm³/mol. The van der Waals surface area contributed by atoms with Gasteiger partial charge in [-0.3, -0.25) is 0 Å². The van der Waals surface area contributed by atoms with Crippen LogP contribution in [0.1, 0.15) is 32.7 Å². The number of imidazole rings is 1. The van der Waals surface area contributed by atoms with Gasteiger partial charge in [0.15, 0.2) is 0 Å². The van der Waals surface area contributed by atoms with Crippen LogP contribution in [0.4, 0.5) is 0 Å². The third-order valence-electron chi connectivity index (χ3n) is 1.92. The van der Waals surface area contributed by atoms with Gasteiger partial charge in [0.05, 0.1) is 0 Å². The highest BCUT2D eigenvalue weighted by Gasteiger charge is 2.16. The zero-order chi connectivity index (χ0) is 9.14. The lowest BCUT2D eigenvalue weighted by Crippen LogP contribution is -2.12. The van der Waals surface area contributed by atoms with Crippen LogP contribution in [0.25, 0.3) is 0 Å². The third-order valence-corrected chi connectivity index (χ3v) is 1.92. The van der Waals surface area contributed by atoms with Crippen LogP contribution in [0.5, 0.6) is 0 Å². The predicted octanol–water partition coefficient (Wildman–Crippen LogP) is 1.39. The van der Waals surface area contributed by atoms with Gasteiger partial charge in [-0.25, -0.2) is 4.98 Å². The van der Waals surface area contributed by atoms with E-state index in [-0.39, 0.29) is 5.92 Å². The minimum absolute atomic E-state index is 0.200. The minimum Gasteiger partial charge on any atom is -0.385 e.